The van der Waals surface area contributed by atoms with Crippen LogP contribution in [0.4, 0.5) is 0 Å². The van der Waals surface area contributed by atoms with Gasteiger partial charge in [-0.25, -0.2) is 14.8 Å². The Labute approximate surface area is 263 Å². The van der Waals surface area contributed by atoms with Gasteiger partial charge in [0.25, 0.3) is 0 Å². The molecule has 0 saturated heterocycles. The Balaban J connectivity index is 1.65. The van der Waals surface area contributed by atoms with E-state index in [2.05, 4.69) is 42.8 Å². The fourth-order valence-corrected chi connectivity index (χ4v) is 4.95. The molecular weight excluding hydrogens is 578 g/mol. The third-order valence-electron chi connectivity index (χ3n) is 7.49. The largest absolute Gasteiger partial charge is 0.508 e. The van der Waals surface area contributed by atoms with Crippen LogP contribution in [-0.4, -0.2) is 72.0 Å². The third-order valence-corrected chi connectivity index (χ3v) is 7.49. The fourth-order valence-electron chi connectivity index (χ4n) is 4.95. The van der Waals surface area contributed by atoms with E-state index in [1.165, 1.54) is 56.7 Å². The number of hydrogen-bond acceptors (Lipinski definition) is 7. The van der Waals surface area contributed by atoms with Crippen molar-refractivity contribution in [3.63, 3.8) is 0 Å². The smallest absolute Gasteiger partial charge is 0.326 e. The Hall–Kier alpha value is -4.68. The molecule has 7 N–H and O–H groups in total. The minimum Gasteiger partial charge on any atom is -0.508 e. The first-order valence-electron chi connectivity index (χ1n) is 15.6. The van der Waals surface area contributed by atoms with E-state index >= 15 is 0 Å². The number of hydrogen-bond donors (Lipinski definition) is 7. The van der Waals surface area contributed by atoms with Gasteiger partial charge < -0.3 is 36.1 Å². The normalized spacial score (nSPS) is 13.0. The summed E-state index contributed by atoms with van der Waals surface area (Å²) in [6.07, 6.45) is 15.0. The number of aliphatic carboxylic acids is 1. The molecule has 3 aromatic rings. The van der Waals surface area contributed by atoms with Crippen molar-refractivity contribution in [1.82, 2.24) is 35.9 Å². The Bertz CT molecular complexity index is 1310. The van der Waals surface area contributed by atoms with Crippen molar-refractivity contribution in [3.8, 4) is 5.75 Å². The van der Waals surface area contributed by atoms with E-state index in [-0.39, 0.29) is 37.3 Å². The average Bonchev–Trinajstić information content (AvgIpc) is 3.73. The van der Waals surface area contributed by atoms with Crippen LogP contribution in [0.15, 0.2) is 49.3 Å². The van der Waals surface area contributed by atoms with Crippen LogP contribution < -0.4 is 16.0 Å². The van der Waals surface area contributed by atoms with Gasteiger partial charge in [0.1, 0.15) is 23.9 Å². The summed E-state index contributed by atoms with van der Waals surface area (Å²) >= 11 is 0. The fraction of sp³-hybridized carbons (Fsp3) is 0.500. The molecule has 0 aliphatic heterocycles. The molecule has 0 aliphatic rings. The summed E-state index contributed by atoms with van der Waals surface area (Å²) < 4.78 is 0. The molecule has 2 aromatic heterocycles. The van der Waals surface area contributed by atoms with Crippen molar-refractivity contribution < 1.29 is 29.4 Å². The number of nitrogens with zero attached hydrogens (tertiary/aromatic N) is 2. The highest BCUT2D eigenvalue weighted by atomic mass is 16.4. The molecule has 3 atom stereocenters. The van der Waals surface area contributed by atoms with E-state index in [0.717, 1.165) is 19.3 Å². The number of unbranched alkanes of at least 4 members (excludes halogenated alkanes) is 7. The summed E-state index contributed by atoms with van der Waals surface area (Å²) in [6.45, 7) is 2.18. The number of imidazole rings is 2. The second-order valence-corrected chi connectivity index (χ2v) is 11.2. The Morgan fingerprint density at radius 2 is 1.22 bits per heavy atom. The van der Waals surface area contributed by atoms with Crippen molar-refractivity contribution >= 4 is 23.7 Å². The predicted molar refractivity (Wildman–Crippen MR) is 167 cm³/mol. The summed E-state index contributed by atoms with van der Waals surface area (Å²) in [5, 5.41) is 27.4. The topological polar surface area (TPSA) is 202 Å². The summed E-state index contributed by atoms with van der Waals surface area (Å²) in [5.41, 5.74) is 1.76. The first-order valence-corrected chi connectivity index (χ1v) is 15.6. The molecule has 0 saturated carbocycles. The molecule has 3 amide bonds. The lowest BCUT2D eigenvalue weighted by atomic mass is 10.0. The SMILES string of the molecule is CCCCCCCCCCC(=O)N[C@@H](Cc1cnc[nH]1)C(=O)N[C@@H](Cc1cnc[nH]1)C(=O)N[C@@H](Cc1ccc(O)cc1)C(=O)O. The van der Waals surface area contributed by atoms with Crippen molar-refractivity contribution in [2.45, 2.75) is 102 Å². The number of carboxylic acid groups (broad SMARTS) is 1. The minimum absolute atomic E-state index is 0.00605. The molecule has 13 nitrogen and oxygen atoms in total. The molecule has 3 rings (SSSR count). The standard InChI is InChI=1S/C32H45N7O6/c1-2-3-4-5-6-7-8-9-10-29(41)37-26(16-23-18-33-20-35-23)30(42)38-27(17-24-19-34-21-36-24)31(43)39-28(32(44)45)15-22-11-13-25(40)14-12-22/h11-14,18-21,26-28,40H,2-10,15-17H2,1H3,(H,33,35)(H,34,36)(H,37,41)(H,38,42)(H,39,43)(H,44,45)/t26-,27-,28-/m0/s1. The summed E-state index contributed by atoms with van der Waals surface area (Å²) in [5.74, 6) is -2.80. The van der Waals surface area contributed by atoms with E-state index < -0.39 is 35.9 Å². The third kappa shape index (κ3) is 12.8. The zero-order valence-corrected chi connectivity index (χ0v) is 25.8. The number of aromatic amines is 2. The number of carbonyl (C=O) groups is 4. The number of aromatic nitrogens is 4. The van der Waals surface area contributed by atoms with Gasteiger partial charge in [0.15, 0.2) is 0 Å². The van der Waals surface area contributed by atoms with Gasteiger partial charge in [0.05, 0.1) is 12.7 Å². The van der Waals surface area contributed by atoms with E-state index in [4.69, 9.17) is 0 Å². The van der Waals surface area contributed by atoms with Gasteiger partial charge in [-0.05, 0) is 24.1 Å². The molecule has 0 fully saturated rings. The van der Waals surface area contributed by atoms with E-state index in [0.29, 0.717) is 23.4 Å². The predicted octanol–water partition coefficient (Wildman–Crippen LogP) is 2.94. The zero-order chi connectivity index (χ0) is 32.4. The molecule has 0 radical (unpaired) electrons. The lowest BCUT2D eigenvalue weighted by Crippen LogP contribution is -2.57. The minimum atomic E-state index is -1.30. The molecule has 0 spiro atoms. The maximum Gasteiger partial charge on any atom is 0.326 e. The highest BCUT2D eigenvalue weighted by molar-refractivity contribution is 5.93. The molecule has 0 bridgehead atoms. The van der Waals surface area contributed by atoms with Gasteiger partial charge in [-0.15, -0.1) is 0 Å². The number of nitrogens with one attached hydrogen (secondary N) is 5. The summed E-state index contributed by atoms with van der Waals surface area (Å²) in [4.78, 5) is 65.7. The number of aromatic hydroxyl groups is 1. The van der Waals surface area contributed by atoms with Gasteiger partial charge in [0, 0.05) is 49.5 Å². The van der Waals surface area contributed by atoms with E-state index in [1.807, 2.05) is 0 Å². The van der Waals surface area contributed by atoms with Crippen LogP contribution in [-0.2, 0) is 38.4 Å². The first-order chi connectivity index (χ1) is 21.7. The number of benzene rings is 1. The van der Waals surface area contributed by atoms with Crippen molar-refractivity contribution in [2.75, 3.05) is 0 Å². The van der Waals surface area contributed by atoms with Crippen LogP contribution in [0.1, 0.15) is 81.7 Å². The quantitative estimate of drug-likeness (QED) is 0.0877. The van der Waals surface area contributed by atoms with E-state index in [1.54, 1.807) is 18.3 Å². The zero-order valence-electron chi connectivity index (χ0n) is 25.8. The monoisotopic (exact) mass is 623 g/mol. The number of H-pyrrole nitrogens is 2. The summed E-state index contributed by atoms with van der Waals surface area (Å²) in [6, 6.07) is 2.52. The van der Waals surface area contributed by atoms with Gasteiger partial charge in [-0.2, -0.15) is 0 Å². The van der Waals surface area contributed by atoms with Gasteiger partial charge in [-0.1, -0.05) is 64.0 Å². The number of rotatable bonds is 21. The van der Waals surface area contributed by atoms with Crippen molar-refractivity contribution in [2.24, 2.45) is 0 Å². The molecule has 13 heteroatoms. The molecule has 1 aromatic carbocycles. The molecule has 0 aliphatic carbocycles. The average molecular weight is 624 g/mol. The van der Waals surface area contributed by atoms with Gasteiger partial charge >= 0.3 is 5.97 Å². The number of phenolic OH excluding ortho intramolecular Hbond substituents is 1. The number of carboxylic acids is 1. The molecule has 244 valence electrons. The van der Waals surface area contributed by atoms with Crippen LogP contribution in [0.25, 0.3) is 0 Å². The Morgan fingerprint density at radius 3 is 1.73 bits per heavy atom. The van der Waals surface area contributed by atoms with E-state index in [9.17, 15) is 29.4 Å². The highest BCUT2D eigenvalue weighted by Crippen LogP contribution is 2.13. The lowest BCUT2D eigenvalue weighted by molar-refractivity contribution is -0.142. The van der Waals surface area contributed by atoms with Crippen LogP contribution in [0.5, 0.6) is 5.75 Å². The second kappa shape index (κ2) is 18.9. The highest BCUT2D eigenvalue weighted by Gasteiger charge is 2.30. The van der Waals surface area contributed by atoms with Gasteiger partial charge in [0.2, 0.25) is 17.7 Å². The maximum atomic E-state index is 13.6. The molecule has 45 heavy (non-hydrogen) atoms. The summed E-state index contributed by atoms with van der Waals surface area (Å²) in [7, 11) is 0. The second-order valence-electron chi connectivity index (χ2n) is 11.2. The van der Waals surface area contributed by atoms with Crippen LogP contribution in [0.3, 0.4) is 0 Å². The van der Waals surface area contributed by atoms with Crippen LogP contribution >= 0.6 is 0 Å². The van der Waals surface area contributed by atoms with Crippen molar-refractivity contribution in [1.29, 1.82) is 0 Å². The van der Waals surface area contributed by atoms with Crippen molar-refractivity contribution in [3.05, 3.63) is 66.3 Å². The first kappa shape index (κ1) is 34.8. The Morgan fingerprint density at radius 1 is 0.711 bits per heavy atom. The van der Waals surface area contributed by atoms with Gasteiger partial charge in [-0.3, -0.25) is 14.4 Å². The molecule has 0 unspecified atom stereocenters. The molecular formula is C32H45N7O6. The number of carbonyl (C=O) groups excluding carboxylic acids is 3. The number of phenols is 1. The number of amides is 3. The van der Waals surface area contributed by atoms with Crippen LogP contribution in [0, 0.1) is 0 Å². The maximum absolute atomic E-state index is 13.6. The Kier molecular flexibility index (Phi) is 14.6. The van der Waals surface area contributed by atoms with Crippen LogP contribution in [0.2, 0.25) is 0 Å². The molecule has 2 heterocycles. The lowest BCUT2D eigenvalue weighted by Gasteiger charge is -2.24.